The summed E-state index contributed by atoms with van der Waals surface area (Å²) in [6, 6.07) is 5.64. The monoisotopic (exact) mass is 321 g/mol. The number of likely N-dealkylation sites (N-methyl/N-ethyl adjacent to an activating group) is 2. The Morgan fingerprint density at radius 3 is 2.84 bits per heavy atom. The van der Waals surface area contributed by atoms with E-state index in [1.165, 1.54) is 0 Å². The molecule has 0 fully saturated rings. The molecule has 19 heavy (non-hydrogen) atoms. The highest BCUT2D eigenvalue weighted by molar-refractivity contribution is 7.16. The van der Waals surface area contributed by atoms with Crippen molar-refractivity contribution in [1.82, 2.24) is 15.2 Å². The number of nitrogens with zero attached hydrogens (tertiary/aromatic N) is 2. The number of benzene rings is 1. The van der Waals surface area contributed by atoms with Crippen LogP contribution in [0.4, 0.5) is 0 Å². The Balaban J connectivity index is 0.00000162. The molecular formula is C12H17Cl2N3OS. The van der Waals surface area contributed by atoms with Gasteiger partial charge in [-0.3, -0.25) is 4.79 Å². The molecule has 4 nitrogen and oxygen atoms in total. The van der Waals surface area contributed by atoms with Crippen molar-refractivity contribution in [1.29, 1.82) is 0 Å². The molecule has 2 aromatic rings. The molecule has 0 bridgehead atoms. The van der Waals surface area contributed by atoms with Crippen LogP contribution in [-0.4, -0.2) is 43.0 Å². The molecule has 0 saturated heterocycles. The van der Waals surface area contributed by atoms with E-state index in [1.807, 2.05) is 32.3 Å². The third-order valence-corrected chi connectivity index (χ3v) is 3.41. The van der Waals surface area contributed by atoms with Crippen molar-refractivity contribution in [2.75, 3.05) is 27.2 Å². The van der Waals surface area contributed by atoms with Crippen LogP contribution in [0.25, 0.3) is 10.2 Å². The first kappa shape index (κ1) is 18.1. The molecule has 7 heteroatoms. The highest BCUT2D eigenvalue weighted by Crippen LogP contribution is 2.19. The Bertz CT molecular complexity index is 532. The minimum absolute atomic E-state index is 0. The van der Waals surface area contributed by atoms with Gasteiger partial charge in [0.05, 0.1) is 15.7 Å². The number of rotatable bonds is 4. The van der Waals surface area contributed by atoms with Gasteiger partial charge in [0.25, 0.3) is 5.91 Å². The average molecular weight is 322 g/mol. The van der Waals surface area contributed by atoms with Crippen molar-refractivity contribution >= 4 is 52.3 Å². The summed E-state index contributed by atoms with van der Waals surface area (Å²) in [7, 11) is 3.69. The summed E-state index contributed by atoms with van der Waals surface area (Å²) in [6.45, 7) is 1.50. The largest absolute Gasteiger partial charge is 0.340 e. The van der Waals surface area contributed by atoms with Crippen molar-refractivity contribution < 1.29 is 4.79 Å². The summed E-state index contributed by atoms with van der Waals surface area (Å²) in [6.07, 6.45) is 0. The van der Waals surface area contributed by atoms with E-state index in [-0.39, 0.29) is 30.7 Å². The molecule has 1 N–H and O–H groups in total. The maximum atomic E-state index is 12.1. The zero-order valence-electron chi connectivity index (χ0n) is 10.8. The van der Waals surface area contributed by atoms with E-state index in [0.29, 0.717) is 6.54 Å². The van der Waals surface area contributed by atoms with Gasteiger partial charge in [-0.25, -0.2) is 4.98 Å². The molecule has 0 saturated carbocycles. The first-order valence-electron chi connectivity index (χ1n) is 5.45. The molecule has 0 unspecified atom stereocenters. The van der Waals surface area contributed by atoms with Gasteiger partial charge in [0.15, 0.2) is 0 Å². The standard InChI is InChI=1S/C12H15N3OS.2ClH/c1-13-5-6-15(2)12(16)9-3-4-10-11(7-9)17-8-14-10;;/h3-4,7-8,13H,5-6H2,1-2H3;2*1H. The number of carbonyl (C=O) groups is 1. The molecule has 1 aromatic carbocycles. The predicted molar refractivity (Wildman–Crippen MR) is 85.0 cm³/mol. The van der Waals surface area contributed by atoms with Gasteiger partial charge in [-0.1, -0.05) is 0 Å². The highest BCUT2D eigenvalue weighted by Gasteiger charge is 2.11. The van der Waals surface area contributed by atoms with Gasteiger partial charge in [-0.15, -0.1) is 36.2 Å². The van der Waals surface area contributed by atoms with Gasteiger partial charge in [-0.2, -0.15) is 0 Å². The third-order valence-electron chi connectivity index (χ3n) is 2.62. The molecular weight excluding hydrogens is 305 g/mol. The molecule has 0 aliphatic heterocycles. The summed E-state index contributed by atoms with van der Waals surface area (Å²) in [5.41, 5.74) is 3.47. The van der Waals surface area contributed by atoms with Crippen LogP contribution in [0.3, 0.4) is 0 Å². The van der Waals surface area contributed by atoms with Crippen LogP contribution in [0.15, 0.2) is 23.7 Å². The van der Waals surface area contributed by atoms with E-state index in [0.717, 1.165) is 22.3 Å². The average Bonchev–Trinajstić information content (AvgIpc) is 2.81. The summed E-state index contributed by atoms with van der Waals surface area (Å²) in [4.78, 5) is 18.0. The quantitative estimate of drug-likeness (QED) is 0.940. The SMILES string of the molecule is CNCCN(C)C(=O)c1ccc2ncsc2c1.Cl.Cl. The molecule has 0 spiro atoms. The number of carbonyl (C=O) groups excluding carboxylic acids is 1. The van der Waals surface area contributed by atoms with E-state index in [4.69, 9.17) is 0 Å². The lowest BCUT2D eigenvalue weighted by Gasteiger charge is -2.16. The number of fused-ring (bicyclic) bond motifs is 1. The second-order valence-electron chi connectivity index (χ2n) is 3.87. The van der Waals surface area contributed by atoms with Crippen molar-refractivity contribution in [2.24, 2.45) is 0 Å². The Morgan fingerprint density at radius 1 is 1.42 bits per heavy atom. The van der Waals surface area contributed by atoms with Crippen molar-refractivity contribution in [3.63, 3.8) is 0 Å². The lowest BCUT2D eigenvalue weighted by molar-refractivity contribution is 0.0797. The van der Waals surface area contributed by atoms with Gasteiger partial charge in [0, 0.05) is 25.7 Å². The van der Waals surface area contributed by atoms with Crippen LogP contribution in [0.1, 0.15) is 10.4 Å². The molecule has 2 rings (SSSR count). The molecule has 0 radical (unpaired) electrons. The van der Waals surface area contributed by atoms with E-state index >= 15 is 0 Å². The minimum atomic E-state index is 0. The Hall–Kier alpha value is -0.880. The topological polar surface area (TPSA) is 45.2 Å². The van der Waals surface area contributed by atoms with Crippen molar-refractivity contribution in [3.05, 3.63) is 29.3 Å². The fraction of sp³-hybridized carbons (Fsp3) is 0.333. The number of hydrogen-bond donors (Lipinski definition) is 1. The van der Waals surface area contributed by atoms with Gasteiger partial charge >= 0.3 is 0 Å². The van der Waals surface area contributed by atoms with Gasteiger partial charge in [0.1, 0.15) is 0 Å². The van der Waals surface area contributed by atoms with Gasteiger partial charge in [-0.05, 0) is 25.2 Å². The third kappa shape index (κ3) is 4.31. The Labute approximate surface area is 129 Å². The summed E-state index contributed by atoms with van der Waals surface area (Å²) < 4.78 is 1.05. The van der Waals surface area contributed by atoms with Crippen LogP contribution in [0, 0.1) is 0 Å². The zero-order chi connectivity index (χ0) is 12.3. The predicted octanol–water partition coefficient (Wildman–Crippen LogP) is 2.43. The number of thiazole rings is 1. The first-order chi connectivity index (χ1) is 8.22. The first-order valence-corrected chi connectivity index (χ1v) is 6.33. The van der Waals surface area contributed by atoms with E-state index in [1.54, 1.807) is 21.7 Å². The van der Waals surface area contributed by atoms with Crippen LogP contribution in [-0.2, 0) is 0 Å². The van der Waals surface area contributed by atoms with Crippen LogP contribution in [0.2, 0.25) is 0 Å². The van der Waals surface area contributed by atoms with Crippen LogP contribution in [0.5, 0.6) is 0 Å². The maximum absolute atomic E-state index is 12.1. The van der Waals surface area contributed by atoms with E-state index in [2.05, 4.69) is 10.3 Å². The fourth-order valence-electron chi connectivity index (χ4n) is 1.59. The zero-order valence-corrected chi connectivity index (χ0v) is 13.2. The minimum Gasteiger partial charge on any atom is -0.340 e. The lowest BCUT2D eigenvalue weighted by atomic mass is 10.2. The van der Waals surface area contributed by atoms with Crippen molar-refractivity contribution in [3.8, 4) is 0 Å². The fourth-order valence-corrected chi connectivity index (χ4v) is 2.31. The summed E-state index contributed by atoms with van der Waals surface area (Å²) in [5.74, 6) is 0.0514. The molecule has 0 aliphatic rings. The Kier molecular flexibility index (Phi) is 7.94. The number of aromatic nitrogens is 1. The number of nitrogens with one attached hydrogen (secondary N) is 1. The highest BCUT2D eigenvalue weighted by atomic mass is 35.5. The summed E-state index contributed by atoms with van der Waals surface area (Å²) >= 11 is 1.55. The smallest absolute Gasteiger partial charge is 0.253 e. The number of amides is 1. The molecule has 0 atom stereocenters. The maximum Gasteiger partial charge on any atom is 0.253 e. The number of hydrogen-bond acceptors (Lipinski definition) is 4. The molecule has 106 valence electrons. The van der Waals surface area contributed by atoms with Crippen molar-refractivity contribution in [2.45, 2.75) is 0 Å². The molecule has 1 amide bonds. The van der Waals surface area contributed by atoms with Crippen LogP contribution < -0.4 is 5.32 Å². The second-order valence-corrected chi connectivity index (χ2v) is 4.75. The summed E-state index contributed by atoms with van der Waals surface area (Å²) in [5, 5.41) is 3.03. The van der Waals surface area contributed by atoms with E-state index < -0.39 is 0 Å². The van der Waals surface area contributed by atoms with Gasteiger partial charge < -0.3 is 10.2 Å². The molecule has 0 aliphatic carbocycles. The van der Waals surface area contributed by atoms with E-state index in [9.17, 15) is 4.79 Å². The molecule has 1 aromatic heterocycles. The number of halogens is 2. The lowest BCUT2D eigenvalue weighted by Crippen LogP contribution is -2.32. The van der Waals surface area contributed by atoms with Crippen LogP contribution >= 0.6 is 36.2 Å². The molecule has 1 heterocycles. The normalized spacial score (nSPS) is 9.58. The Morgan fingerprint density at radius 2 is 2.16 bits per heavy atom. The second kappa shape index (κ2) is 8.32. The van der Waals surface area contributed by atoms with Gasteiger partial charge in [0.2, 0.25) is 0 Å².